The summed E-state index contributed by atoms with van der Waals surface area (Å²) in [5.74, 6) is -0.927. The maximum Gasteiger partial charge on any atom is 0.270 e. The second-order valence-corrected chi connectivity index (χ2v) is 10.6. The van der Waals surface area contributed by atoms with Crippen molar-refractivity contribution in [1.82, 2.24) is 5.32 Å². The number of allylic oxidation sites excluding steroid dienone is 1. The van der Waals surface area contributed by atoms with E-state index in [1.54, 1.807) is 18.2 Å². The van der Waals surface area contributed by atoms with Crippen molar-refractivity contribution in [3.63, 3.8) is 0 Å². The summed E-state index contributed by atoms with van der Waals surface area (Å²) in [5.41, 5.74) is 5.88. The Kier molecular flexibility index (Phi) is 6.53. The van der Waals surface area contributed by atoms with Crippen molar-refractivity contribution >= 4 is 68.1 Å². The van der Waals surface area contributed by atoms with Gasteiger partial charge in [0.1, 0.15) is 5.57 Å². The number of hydrogen-bond donors (Lipinski definition) is 1. The summed E-state index contributed by atoms with van der Waals surface area (Å²) in [6.45, 7) is 11.7. The highest BCUT2D eigenvalue weighted by Crippen LogP contribution is 2.41. The van der Waals surface area contributed by atoms with Gasteiger partial charge in [0.2, 0.25) is 0 Å². The monoisotopic (exact) mass is 537 g/mol. The average Bonchev–Trinajstić information content (AvgIpc) is 2.74. The molecule has 0 aromatic heterocycles. The molecule has 0 bridgehead atoms. The van der Waals surface area contributed by atoms with Crippen LogP contribution in [0.2, 0.25) is 0 Å². The third-order valence-electron chi connectivity index (χ3n) is 6.28. The summed E-state index contributed by atoms with van der Waals surface area (Å²) < 4.78 is 0.815. The van der Waals surface area contributed by atoms with Crippen LogP contribution < -0.4 is 15.1 Å². The van der Waals surface area contributed by atoms with E-state index in [9.17, 15) is 9.59 Å². The van der Waals surface area contributed by atoms with Crippen molar-refractivity contribution in [2.75, 3.05) is 16.3 Å². The van der Waals surface area contributed by atoms with Gasteiger partial charge in [0, 0.05) is 22.3 Å². The summed E-state index contributed by atoms with van der Waals surface area (Å²) in [6.07, 6.45) is 5.00. The fraction of sp³-hybridized carbons (Fsp3) is 0.296. The van der Waals surface area contributed by atoms with Gasteiger partial charge in [-0.05, 0) is 99.4 Å². The Morgan fingerprint density at radius 2 is 1.88 bits per heavy atom. The number of fused-ring (bicyclic) bond motifs is 1. The van der Waals surface area contributed by atoms with Crippen LogP contribution >= 0.6 is 28.1 Å². The Morgan fingerprint density at radius 1 is 1.15 bits per heavy atom. The second kappa shape index (κ2) is 9.12. The van der Waals surface area contributed by atoms with Gasteiger partial charge in [-0.3, -0.25) is 19.8 Å². The molecule has 1 N–H and O–H groups in total. The number of hydrogen-bond acceptors (Lipinski definition) is 4. The largest absolute Gasteiger partial charge is 0.362 e. The standard InChI is InChI=1S/C27H28BrN3O2S/c1-6-10-30-23-11-16(2)18(12-21(23)17(3)15-27(30,4)5)13-22-24(32)29-26(34)31(25(22)33)20-9-7-8-19(28)14-20/h7-9,11-15H,6,10H2,1-5H3,(H,29,32,34)/b22-13-. The van der Waals surface area contributed by atoms with Crippen molar-refractivity contribution in [2.24, 2.45) is 0 Å². The summed E-state index contributed by atoms with van der Waals surface area (Å²) in [6, 6.07) is 11.5. The predicted octanol–water partition coefficient (Wildman–Crippen LogP) is 6.00. The number of nitrogens with zero attached hydrogens (tertiary/aromatic N) is 2. The molecule has 0 radical (unpaired) electrons. The van der Waals surface area contributed by atoms with Gasteiger partial charge >= 0.3 is 0 Å². The molecular weight excluding hydrogens is 510 g/mol. The maximum atomic E-state index is 13.4. The Labute approximate surface area is 214 Å². The van der Waals surface area contributed by atoms with Crippen molar-refractivity contribution < 1.29 is 9.59 Å². The van der Waals surface area contributed by atoms with Gasteiger partial charge in [-0.1, -0.05) is 35.0 Å². The van der Waals surface area contributed by atoms with E-state index in [0.717, 1.165) is 34.1 Å². The zero-order chi connectivity index (χ0) is 24.8. The molecule has 1 fully saturated rings. The zero-order valence-electron chi connectivity index (χ0n) is 20.0. The molecule has 2 aliphatic rings. The van der Waals surface area contributed by atoms with Crippen LogP contribution in [0.4, 0.5) is 11.4 Å². The van der Waals surface area contributed by atoms with E-state index in [0.29, 0.717) is 5.69 Å². The molecule has 2 aromatic carbocycles. The van der Waals surface area contributed by atoms with Crippen LogP contribution in [-0.2, 0) is 9.59 Å². The van der Waals surface area contributed by atoms with Crippen LogP contribution in [0.3, 0.4) is 0 Å². The Hall–Kier alpha value is -2.77. The van der Waals surface area contributed by atoms with Gasteiger partial charge in [0.05, 0.1) is 11.2 Å². The number of nitrogens with one attached hydrogen (secondary N) is 1. The maximum absolute atomic E-state index is 13.4. The molecule has 176 valence electrons. The lowest BCUT2D eigenvalue weighted by Crippen LogP contribution is -2.54. The number of carbonyl (C=O) groups is 2. The first kappa shape index (κ1) is 24.4. The van der Waals surface area contributed by atoms with Crippen LogP contribution in [0.25, 0.3) is 11.6 Å². The van der Waals surface area contributed by atoms with Crippen LogP contribution in [0.15, 0.2) is 52.5 Å². The molecule has 0 aliphatic carbocycles. The fourth-order valence-electron chi connectivity index (χ4n) is 4.69. The van der Waals surface area contributed by atoms with Crippen LogP contribution in [-0.4, -0.2) is 29.0 Å². The first-order valence-corrected chi connectivity index (χ1v) is 12.5. The van der Waals surface area contributed by atoms with E-state index in [-0.39, 0.29) is 16.2 Å². The van der Waals surface area contributed by atoms with Gasteiger partial charge in [-0.25, -0.2) is 0 Å². The van der Waals surface area contributed by atoms with Crippen LogP contribution in [0.5, 0.6) is 0 Å². The van der Waals surface area contributed by atoms with Gasteiger partial charge in [0.15, 0.2) is 5.11 Å². The molecule has 0 saturated carbocycles. The van der Waals surface area contributed by atoms with Crippen molar-refractivity contribution in [3.05, 3.63) is 69.2 Å². The van der Waals surface area contributed by atoms with Crippen LogP contribution in [0, 0.1) is 6.92 Å². The number of halogens is 1. The van der Waals surface area contributed by atoms with Crippen molar-refractivity contribution in [2.45, 2.75) is 46.6 Å². The molecule has 1 saturated heterocycles. The number of aryl methyl sites for hydroxylation is 1. The van der Waals surface area contributed by atoms with E-state index in [1.807, 2.05) is 19.1 Å². The highest BCUT2D eigenvalue weighted by Gasteiger charge is 2.35. The molecule has 2 aliphatic heterocycles. The molecular formula is C27H28BrN3O2S. The molecule has 4 rings (SSSR count). The second-order valence-electron chi connectivity index (χ2n) is 9.30. The molecule has 7 heteroatoms. The summed E-state index contributed by atoms with van der Waals surface area (Å²) in [4.78, 5) is 30.0. The number of anilines is 2. The molecule has 2 aromatic rings. The Morgan fingerprint density at radius 3 is 2.56 bits per heavy atom. The highest BCUT2D eigenvalue weighted by molar-refractivity contribution is 9.10. The lowest BCUT2D eigenvalue weighted by Gasteiger charge is -2.43. The summed E-state index contributed by atoms with van der Waals surface area (Å²) in [5, 5.41) is 2.74. The van der Waals surface area contributed by atoms with Gasteiger partial charge in [-0.15, -0.1) is 0 Å². The molecule has 2 heterocycles. The molecule has 0 atom stereocenters. The van der Waals surface area contributed by atoms with Crippen molar-refractivity contribution in [3.8, 4) is 0 Å². The molecule has 0 unspecified atom stereocenters. The van der Waals surface area contributed by atoms with E-state index >= 15 is 0 Å². The number of amides is 2. The normalized spacial score (nSPS) is 18.7. The average molecular weight is 539 g/mol. The van der Waals surface area contributed by atoms with E-state index in [1.165, 1.54) is 16.2 Å². The van der Waals surface area contributed by atoms with E-state index in [2.05, 4.69) is 72.1 Å². The topological polar surface area (TPSA) is 52.7 Å². The van der Waals surface area contributed by atoms with Crippen LogP contribution in [0.1, 0.15) is 50.8 Å². The number of rotatable bonds is 4. The van der Waals surface area contributed by atoms with E-state index in [4.69, 9.17) is 12.2 Å². The van der Waals surface area contributed by atoms with Crippen molar-refractivity contribution in [1.29, 1.82) is 0 Å². The third kappa shape index (κ3) is 4.34. The lowest BCUT2D eigenvalue weighted by molar-refractivity contribution is -0.122. The molecule has 2 amide bonds. The number of thiocarbonyl (C=S) groups is 1. The third-order valence-corrected chi connectivity index (χ3v) is 7.06. The Bertz CT molecular complexity index is 1280. The zero-order valence-corrected chi connectivity index (χ0v) is 22.4. The number of benzene rings is 2. The van der Waals surface area contributed by atoms with Gasteiger partial charge < -0.3 is 4.90 Å². The predicted molar refractivity (Wildman–Crippen MR) is 147 cm³/mol. The highest BCUT2D eigenvalue weighted by atomic mass is 79.9. The van der Waals surface area contributed by atoms with E-state index < -0.39 is 11.8 Å². The minimum absolute atomic E-state index is 0.0554. The summed E-state index contributed by atoms with van der Waals surface area (Å²) in [7, 11) is 0. The SMILES string of the molecule is CCCN1c2cc(C)c(/C=C3/C(=O)NC(=S)N(c4cccc(Br)c4)C3=O)cc2C(C)=CC1(C)C. The molecule has 34 heavy (non-hydrogen) atoms. The van der Waals surface area contributed by atoms with Gasteiger partial charge in [-0.2, -0.15) is 0 Å². The quantitative estimate of drug-likeness (QED) is 0.295. The number of carbonyl (C=O) groups excluding carboxylic acids is 2. The minimum atomic E-state index is -0.487. The fourth-order valence-corrected chi connectivity index (χ4v) is 5.36. The molecule has 5 nitrogen and oxygen atoms in total. The smallest absolute Gasteiger partial charge is 0.270 e. The van der Waals surface area contributed by atoms with Gasteiger partial charge in [0.25, 0.3) is 11.8 Å². The Balaban J connectivity index is 1.79. The lowest BCUT2D eigenvalue weighted by atomic mass is 9.86. The summed E-state index contributed by atoms with van der Waals surface area (Å²) >= 11 is 8.75. The molecule has 0 spiro atoms. The first-order valence-electron chi connectivity index (χ1n) is 11.3. The minimum Gasteiger partial charge on any atom is -0.362 e. The first-order chi connectivity index (χ1) is 16.0.